The summed E-state index contributed by atoms with van der Waals surface area (Å²) in [5.74, 6) is -0.689. The predicted molar refractivity (Wildman–Crippen MR) is 122 cm³/mol. The molecule has 6 heteroatoms. The zero-order valence-electron chi connectivity index (χ0n) is 18.5. The number of benzene rings is 2. The first-order valence-electron chi connectivity index (χ1n) is 10.5. The first kappa shape index (κ1) is 21.4. The fourth-order valence-electron chi connectivity index (χ4n) is 3.81. The maximum Gasteiger partial charge on any atom is 0.300 e. The van der Waals surface area contributed by atoms with Crippen molar-refractivity contribution in [3.8, 4) is 5.75 Å². The number of amides is 1. The zero-order valence-corrected chi connectivity index (χ0v) is 18.5. The van der Waals surface area contributed by atoms with Gasteiger partial charge in [0.15, 0.2) is 0 Å². The molecule has 1 fully saturated rings. The van der Waals surface area contributed by atoms with E-state index in [1.807, 2.05) is 39.8 Å². The van der Waals surface area contributed by atoms with Crippen molar-refractivity contribution in [1.29, 1.82) is 0 Å². The molecule has 2 aromatic carbocycles. The van der Waals surface area contributed by atoms with E-state index in [2.05, 4.69) is 0 Å². The molecule has 164 valence electrons. The van der Waals surface area contributed by atoms with E-state index in [1.165, 1.54) is 11.2 Å². The highest BCUT2D eigenvalue weighted by Crippen LogP contribution is 2.42. The van der Waals surface area contributed by atoms with Gasteiger partial charge >= 0.3 is 0 Å². The first-order chi connectivity index (χ1) is 15.3. The number of hydrogen-bond donors (Lipinski definition) is 1. The number of ketones is 1. The lowest BCUT2D eigenvalue weighted by atomic mass is 9.99. The Balaban J connectivity index is 1.84. The second kappa shape index (κ2) is 8.38. The normalized spacial score (nSPS) is 17.9. The number of rotatable bonds is 5. The summed E-state index contributed by atoms with van der Waals surface area (Å²) >= 11 is 0. The Hall–Kier alpha value is -3.80. The SMILES string of the molecule is Cc1ccc(N2C(=O)C(=O)/C(=C(\O)c3ccc(OC(C)C)cc3)C2c2ccco2)cc1C. The third-order valence-electron chi connectivity index (χ3n) is 5.53. The summed E-state index contributed by atoms with van der Waals surface area (Å²) in [4.78, 5) is 27.6. The van der Waals surface area contributed by atoms with Crippen LogP contribution in [0.1, 0.15) is 42.3 Å². The van der Waals surface area contributed by atoms with Crippen molar-refractivity contribution in [2.45, 2.75) is 39.8 Å². The molecule has 6 nitrogen and oxygen atoms in total. The van der Waals surface area contributed by atoms with Crippen LogP contribution in [-0.4, -0.2) is 22.9 Å². The van der Waals surface area contributed by atoms with Gasteiger partial charge < -0.3 is 14.3 Å². The Morgan fingerprint density at radius 1 is 1.03 bits per heavy atom. The number of aryl methyl sites for hydroxylation is 2. The Morgan fingerprint density at radius 3 is 2.34 bits per heavy atom. The van der Waals surface area contributed by atoms with E-state index < -0.39 is 17.7 Å². The van der Waals surface area contributed by atoms with Crippen LogP contribution in [0.15, 0.2) is 70.9 Å². The molecule has 1 atom stereocenters. The van der Waals surface area contributed by atoms with E-state index in [0.29, 0.717) is 22.8 Å². The van der Waals surface area contributed by atoms with Crippen molar-refractivity contribution in [1.82, 2.24) is 0 Å². The Morgan fingerprint density at radius 2 is 1.75 bits per heavy atom. The molecule has 1 aromatic heterocycles. The molecule has 1 amide bonds. The number of carbonyl (C=O) groups is 2. The van der Waals surface area contributed by atoms with Crippen LogP contribution in [0, 0.1) is 13.8 Å². The van der Waals surface area contributed by atoms with Gasteiger partial charge in [-0.25, -0.2) is 0 Å². The summed E-state index contributed by atoms with van der Waals surface area (Å²) in [7, 11) is 0. The molecule has 0 saturated carbocycles. The molecule has 1 N–H and O–H groups in total. The lowest BCUT2D eigenvalue weighted by molar-refractivity contribution is -0.132. The molecule has 0 radical (unpaired) electrons. The van der Waals surface area contributed by atoms with Gasteiger partial charge in [0.1, 0.15) is 23.3 Å². The minimum atomic E-state index is -0.876. The van der Waals surface area contributed by atoms with Crippen LogP contribution in [0.2, 0.25) is 0 Å². The average Bonchev–Trinajstić information content (AvgIpc) is 3.37. The quantitative estimate of drug-likeness (QED) is 0.336. The van der Waals surface area contributed by atoms with Crippen LogP contribution in [-0.2, 0) is 9.59 Å². The number of anilines is 1. The maximum absolute atomic E-state index is 13.1. The minimum absolute atomic E-state index is 0.0108. The number of ether oxygens (including phenoxy) is 1. The van der Waals surface area contributed by atoms with E-state index in [1.54, 1.807) is 42.5 Å². The summed E-state index contributed by atoms with van der Waals surface area (Å²) in [5, 5.41) is 11.1. The van der Waals surface area contributed by atoms with E-state index >= 15 is 0 Å². The van der Waals surface area contributed by atoms with Crippen molar-refractivity contribution >= 4 is 23.1 Å². The monoisotopic (exact) mass is 431 g/mol. The van der Waals surface area contributed by atoms with Crippen LogP contribution >= 0.6 is 0 Å². The van der Waals surface area contributed by atoms with Crippen molar-refractivity contribution in [2.75, 3.05) is 4.90 Å². The Labute approximate surface area is 186 Å². The number of Topliss-reactive ketones (excluding diaryl/α,β-unsaturated/α-hetero) is 1. The molecular formula is C26H25NO5. The zero-order chi connectivity index (χ0) is 23.0. The summed E-state index contributed by atoms with van der Waals surface area (Å²) in [6.07, 6.45) is 1.49. The topological polar surface area (TPSA) is 80.0 Å². The number of carbonyl (C=O) groups excluding carboxylic acids is 2. The minimum Gasteiger partial charge on any atom is -0.507 e. The van der Waals surface area contributed by atoms with Crippen LogP contribution in [0.25, 0.3) is 5.76 Å². The molecule has 0 bridgehead atoms. The van der Waals surface area contributed by atoms with Crippen molar-refractivity contribution < 1.29 is 23.8 Å². The van der Waals surface area contributed by atoms with E-state index in [9.17, 15) is 14.7 Å². The number of hydrogen-bond acceptors (Lipinski definition) is 5. The van der Waals surface area contributed by atoms with Crippen molar-refractivity contribution in [2.24, 2.45) is 0 Å². The lowest BCUT2D eigenvalue weighted by Crippen LogP contribution is -2.29. The van der Waals surface area contributed by atoms with Gasteiger partial charge in [-0.1, -0.05) is 6.07 Å². The summed E-state index contributed by atoms with van der Waals surface area (Å²) in [5.41, 5.74) is 3.03. The van der Waals surface area contributed by atoms with Gasteiger partial charge in [-0.15, -0.1) is 0 Å². The van der Waals surface area contributed by atoms with E-state index in [0.717, 1.165) is 11.1 Å². The lowest BCUT2D eigenvalue weighted by Gasteiger charge is -2.24. The van der Waals surface area contributed by atoms with Crippen molar-refractivity contribution in [3.05, 3.63) is 88.9 Å². The summed E-state index contributed by atoms with van der Waals surface area (Å²) < 4.78 is 11.2. The molecule has 1 aliphatic heterocycles. The molecule has 32 heavy (non-hydrogen) atoms. The van der Waals surface area contributed by atoms with Gasteiger partial charge in [-0.3, -0.25) is 14.5 Å². The summed E-state index contributed by atoms with van der Waals surface area (Å²) in [6.45, 7) is 7.76. The molecule has 3 aromatic rings. The largest absolute Gasteiger partial charge is 0.507 e. The fourth-order valence-corrected chi connectivity index (χ4v) is 3.81. The highest BCUT2D eigenvalue weighted by Gasteiger charge is 2.48. The van der Waals surface area contributed by atoms with Crippen molar-refractivity contribution in [3.63, 3.8) is 0 Å². The standard InChI is InChI=1S/C26H25NO5/c1-15(2)32-20-11-8-18(9-12-20)24(28)22-23(21-6-5-13-31-21)27(26(30)25(22)29)19-10-7-16(3)17(4)14-19/h5-15,23,28H,1-4H3/b24-22-. The number of furan rings is 1. The third kappa shape index (κ3) is 3.80. The highest BCUT2D eigenvalue weighted by atomic mass is 16.5. The van der Waals surface area contributed by atoms with Gasteiger partial charge in [0.25, 0.3) is 11.7 Å². The molecule has 2 heterocycles. The van der Waals surface area contributed by atoms with E-state index in [4.69, 9.17) is 9.15 Å². The fraction of sp³-hybridized carbons (Fsp3) is 0.231. The second-order valence-electron chi connectivity index (χ2n) is 8.14. The Kier molecular flexibility index (Phi) is 5.61. The van der Waals surface area contributed by atoms with Crippen LogP contribution in [0.4, 0.5) is 5.69 Å². The van der Waals surface area contributed by atoms with Gasteiger partial charge in [0.2, 0.25) is 0 Å². The third-order valence-corrected chi connectivity index (χ3v) is 5.53. The number of aliphatic hydroxyl groups is 1. The van der Waals surface area contributed by atoms with Gasteiger partial charge in [0.05, 0.1) is 17.9 Å². The molecular weight excluding hydrogens is 406 g/mol. The van der Waals surface area contributed by atoms with E-state index in [-0.39, 0.29) is 17.4 Å². The molecule has 1 unspecified atom stereocenters. The highest BCUT2D eigenvalue weighted by molar-refractivity contribution is 6.51. The van der Waals surface area contributed by atoms with Crippen LogP contribution in [0.3, 0.4) is 0 Å². The van der Waals surface area contributed by atoms with Crippen LogP contribution < -0.4 is 9.64 Å². The number of aliphatic hydroxyl groups excluding tert-OH is 1. The number of nitrogens with zero attached hydrogens (tertiary/aromatic N) is 1. The molecule has 1 aliphatic rings. The second-order valence-corrected chi connectivity index (χ2v) is 8.14. The molecule has 0 spiro atoms. The predicted octanol–water partition coefficient (Wildman–Crippen LogP) is 5.31. The summed E-state index contributed by atoms with van der Waals surface area (Å²) in [6, 6.07) is 14.8. The smallest absolute Gasteiger partial charge is 0.300 e. The maximum atomic E-state index is 13.1. The first-order valence-corrected chi connectivity index (χ1v) is 10.5. The molecule has 1 saturated heterocycles. The molecule has 0 aliphatic carbocycles. The Bertz CT molecular complexity index is 1190. The van der Waals surface area contributed by atoms with Gasteiger partial charge in [-0.05, 0) is 87.4 Å². The van der Waals surface area contributed by atoms with Gasteiger partial charge in [-0.2, -0.15) is 0 Å². The van der Waals surface area contributed by atoms with Gasteiger partial charge in [0, 0.05) is 11.3 Å². The van der Waals surface area contributed by atoms with Crippen LogP contribution in [0.5, 0.6) is 5.75 Å². The molecule has 4 rings (SSSR count). The average molecular weight is 431 g/mol.